The molecule has 2 aromatic carbocycles. The molecule has 2 heterocycles. The van der Waals surface area contributed by atoms with E-state index in [-0.39, 0.29) is 24.0 Å². The third-order valence-electron chi connectivity index (χ3n) is 6.22. The van der Waals surface area contributed by atoms with Crippen molar-refractivity contribution < 1.29 is 4.74 Å². The van der Waals surface area contributed by atoms with E-state index in [0.29, 0.717) is 11.8 Å². The molecule has 5 nitrogen and oxygen atoms in total. The lowest BCUT2D eigenvalue weighted by Crippen LogP contribution is -2.42. The molecule has 30 heavy (non-hydrogen) atoms. The molecule has 2 atom stereocenters. The topological polar surface area (TPSA) is 40.1 Å². The fraction of sp³-hybridized carbons (Fsp3) is 0.458. The van der Waals surface area contributed by atoms with Crippen molar-refractivity contribution in [3.8, 4) is 5.75 Å². The minimum absolute atomic E-state index is 0. The Kier molecular flexibility index (Phi) is 8.24. The summed E-state index contributed by atoms with van der Waals surface area (Å²) in [5, 5.41) is 3.64. The number of anilines is 1. The summed E-state index contributed by atoms with van der Waals surface area (Å²) in [7, 11) is 3.62. The van der Waals surface area contributed by atoms with E-state index >= 15 is 0 Å². The zero-order valence-electron chi connectivity index (χ0n) is 18.0. The SMILES string of the molecule is CN=C(NCC1CCN(c2cccc(OC)c2)C1)N1CCC(c2ccccc2)C1.I. The third-order valence-corrected chi connectivity index (χ3v) is 6.22. The largest absolute Gasteiger partial charge is 0.497 e. The number of nitrogens with one attached hydrogen (secondary N) is 1. The van der Waals surface area contributed by atoms with Crippen LogP contribution in [0.3, 0.4) is 0 Å². The molecule has 0 amide bonds. The molecule has 162 valence electrons. The molecule has 0 bridgehead atoms. The van der Waals surface area contributed by atoms with E-state index < -0.39 is 0 Å². The first kappa shape index (κ1) is 22.7. The Bertz CT molecular complexity index is 829. The molecule has 0 aromatic heterocycles. The summed E-state index contributed by atoms with van der Waals surface area (Å²) >= 11 is 0. The number of nitrogens with zero attached hydrogens (tertiary/aromatic N) is 3. The number of guanidine groups is 1. The van der Waals surface area contributed by atoms with Crippen molar-refractivity contribution >= 4 is 35.6 Å². The molecule has 0 aliphatic carbocycles. The molecule has 2 fully saturated rings. The van der Waals surface area contributed by atoms with Crippen molar-refractivity contribution in [2.75, 3.05) is 51.8 Å². The maximum atomic E-state index is 5.37. The summed E-state index contributed by atoms with van der Waals surface area (Å²) in [5.41, 5.74) is 2.69. The number of aliphatic imine (C=N–C) groups is 1. The van der Waals surface area contributed by atoms with Crippen LogP contribution >= 0.6 is 24.0 Å². The molecule has 2 saturated heterocycles. The van der Waals surface area contributed by atoms with Gasteiger partial charge in [0.05, 0.1) is 7.11 Å². The average molecular weight is 520 g/mol. The van der Waals surface area contributed by atoms with Crippen LogP contribution < -0.4 is 15.0 Å². The molecule has 2 aliphatic rings. The minimum atomic E-state index is 0. The first-order chi connectivity index (χ1) is 14.3. The number of hydrogen-bond acceptors (Lipinski definition) is 3. The molecule has 0 saturated carbocycles. The lowest BCUT2D eigenvalue weighted by Gasteiger charge is -2.24. The minimum Gasteiger partial charge on any atom is -0.497 e. The van der Waals surface area contributed by atoms with Crippen LogP contribution in [0.15, 0.2) is 59.6 Å². The lowest BCUT2D eigenvalue weighted by molar-refractivity contribution is 0.415. The summed E-state index contributed by atoms with van der Waals surface area (Å²) in [6.07, 6.45) is 2.39. The second kappa shape index (κ2) is 10.9. The van der Waals surface area contributed by atoms with Gasteiger partial charge in [0.2, 0.25) is 0 Å². The Hall–Kier alpha value is -1.96. The van der Waals surface area contributed by atoms with E-state index in [4.69, 9.17) is 4.74 Å². The Morgan fingerprint density at radius 2 is 1.90 bits per heavy atom. The van der Waals surface area contributed by atoms with Crippen LogP contribution in [0.1, 0.15) is 24.3 Å². The molecule has 2 aliphatic heterocycles. The van der Waals surface area contributed by atoms with Gasteiger partial charge in [0.1, 0.15) is 5.75 Å². The van der Waals surface area contributed by atoms with Crippen LogP contribution in [0.2, 0.25) is 0 Å². The number of methoxy groups -OCH3 is 1. The van der Waals surface area contributed by atoms with Gasteiger partial charge in [-0.05, 0) is 36.5 Å². The highest BCUT2D eigenvalue weighted by molar-refractivity contribution is 14.0. The molecule has 2 unspecified atom stereocenters. The van der Waals surface area contributed by atoms with Gasteiger partial charge < -0.3 is 19.9 Å². The van der Waals surface area contributed by atoms with E-state index in [1.165, 1.54) is 24.1 Å². The molecule has 0 spiro atoms. The van der Waals surface area contributed by atoms with Gasteiger partial charge in [0, 0.05) is 57.4 Å². The highest BCUT2D eigenvalue weighted by Crippen LogP contribution is 2.28. The normalized spacial score (nSPS) is 21.5. The Morgan fingerprint density at radius 3 is 2.67 bits per heavy atom. The van der Waals surface area contributed by atoms with Crippen LogP contribution in [0.4, 0.5) is 5.69 Å². The van der Waals surface area contributed by atoms with Crippen molar-refractivity contribution in [3.63, 3.8) is 0 Å². The van der Waals surface area contributed by atoms with Crippen molar-refractivity contribution in [1.29, 1.82) is 0 Å². The third kappa shape index (κ3) is 5.39. The van der Waals surface area contributed by atoms with Crippen LogP contribution in [0.25, 0.3) is 0 Å². The van der Waals surface area contributed by atoms with E-state index in [1.54, 1.807) is 7.11 Å². The number of halogens is 1. The van der Waals surface area contributed by atoms with Gasteiger partial charge in [0.25, 0.3) is 0 Å². The van der Waals surface area contributed by atoms with Crippen LogP contribution in [0, 0.1) is 5.92 Å². The smallest absolute Gasteiger partial charge is 0.193 e. The summed E-state index contributed by atoms with van der Waals surface area (Å²) in [6, 6.07) is 19.2. The van der Waals surface area contributed by atoms with Crippen LogP contribution in [-0.2, 0) is 0 Å². The second-order valence-electron chi connectivity index (χ2n) is 8.07. The van der Waals surface area contributed by atoms with Crippen molar-refractivity contribution in [2.45, 2.75) is 18.8 Å². The van der Waals surface area contributed by atoms with Gasteiger partial charge in [-0.3, -0.25) is 4.99 Å². The average Bonchev–Trinajstić information content (AvgIpc) is 3.45. The van der Waals surface area contributed by atoms with Gasteiger partial charge in [-0.25, -0.2) is 0 Å². The fourth-order valence-corrected chi connectivity index (χ4v) is 4.56. The maximum absolute atomic E-state index is 5.37. The Balaban J connectivity index is 0.00000256. The van der Waals surface area contributed by atoms with Gasteiger partial charge in [-0.1, -0.05) is 36.4 Å². The first-order valence-corrected chi connectivity index (χ1v) is 10.7. The van der Waals surface area contributed by atoms with Crippen LogP contribution in [0.5, 0.6) is 5.75 Å². The molecule has 1 N–H and O–H groups in total. The van der Waals surface area contributed by atoms with E-state index in [2.05, 4.69) is 68.6 Å². The lowest BCUT2D eigenvalue weighted by atomic mass is 9.99. The summed E-state index contributed by atoms with van der Waals surface area (Å²) in [4.78, 5) is 9.43. The maximum Gasteiger partial charge on any atom is 0.193 e. The van der Waals surface area contributed by atoms with E-state index in [0.717, 1.165) is 44.4 Å². The molecular formula is C24H33IN4O. The predicted octanol–water partition coefficient (Wildman–Crippen LogP) is 4.20. The Morgan fingerprint density at radius 1 is 1.07 bits per heavy atom. The number of hydrogen-bond donors (Lipinski definition) is 1. The standard InChI is InChI=1S/C24H32N4O.HI/c1-25-24(28-14-12-21(18-28)20-7-4-3-5-8-20)26-16-19-11-13-27(17-19)22-9-6-10-23(15-22)29-2;/h3-10,15,19,21H,11-14,16-18H2,1-2H3,(H,25,26);1H. The summed E-state index contributed by atoms with van der Waals surface area (Å²) < 4.78 is 5.37. The van der Waals surface area contributed by atoms with Gasteiger partial charge in [-0.15, -0.1) is 24.0 Å². The number of rotatable bonds is 5. The molecule has 4 rings (SSSR count). The quantitative estimate of drug-likeness (QED) is 0.365. The van der Waals surface area contributed by atoms with Crippen LogP contribution in [-0.4, -0.2) is 57.7 Å². The van der Waals surface area contributed by atoms with Gasteiger partial charge in [0.15, 0.2) is 5.96 Å². The predicted molar refractivity (Wildman–Crippen MR) is 135 cm³/mol. The molecule has 6 heteroatoms. The number of likely N-dealkylation sites (tertiary alicyclic amines) is 1. The Labute approximate surface area is 197 Å². The molecule has 0 radical (unpaired) electrons. The first-order valence-electron chi connectivity index (χ1n) is 10.7. The second-order valence-corrected chi connectivity index (χ2v) is 8.07. The van der Waals surface area contributed by atoms with Gasteiger partial charge >= 0.3 is 0 Å². The van der Waals surface area contributed by atoms with Crippen molar-refractivity contribution in [3.05, 3.63) is 60.2 Å². The number of ether oxygens (including phenoxy) is 1. The van der Waals surface area contributed by atoms with Crippen molar-refractivity contribution in [2.24, 2.45) is 10.9 Å². The zero-order valence-corrected chi connectivity index (χ0v) is 20.3. The summed E-state index contributed by atoms with van der Waals surface area (Å²) in [5.74, 6) is 3.20. The van der Waals surface area contributed by atoms with E-state index in [9.17, 15) is 0 Å². The van der Waals surface area contributed by atoms with Gasteiger partial charge in [-0.2, -0.15) is 0 Å². The molecular weight excluding hydrogens is 487 g/mol. The van der Waals surface area contributed by atoms with Crippen molar-refractivity contribution in [1.82, 2.24) is 10.2 Å². The summed E-state index contributed by atoms with van der Waals surface area (Å²) in [6.45, 7) is 5.26. The number of benzene rings is 2. The molecule has 2 aromatic rings. The fourth-order valence-electron chi connectivity index (χ4n) is 4.56. The van der Waals surface area contributed by atoms with E-state index in [1.807, 2.05) is 13.1 Å². The highest BCUT2D eigenvalue weighted by atomic mass is 127. The highest BCUT2D eigenvalue weighted by Gasteiger charge is 2.27. The monoisotopic (exact) mass is 520 g/mol. The zero-order chi connectivity index (χ0) is 20.1.